The minimum absolute atomic E-state index is 0.627. The normalized spacial score (nSPS) is 11.1. The van der Waals surface area contributed by atoms with Crippen molar-refractivity contribution >= 4 is 34.0 Å². The smallest absolute Gasteiger partial charge is 0.145 e. The van der Waals surface area contributed by atoms with Crippen LogP contribution in [-0.2, 0) is 0 Å². The summed E-state index contributed by atoms with van der Waals surface area (Å²) in [6, 6.07) is 10.1. The second kappa shape index (κ2) is 14.0. The highest BCUT2D eigenvalue weighted by molar-refractivity contribution is 6.33. The molecule has 0 saturated carbocycles. The van der Waals surface area contributed by atoms with Crippen LogP contribution in [0.4, 0.5) is 0 Å². The van der Waals surface area contributed by atoms with Gasteiger partial charge < -0.3 is 9.47 Å². The van der Waals surface area contributed by atoms with E-state index < -0.39 is 0 Å². The highest BCUT2D eigenvalue weighted by Crippen LogP contribution is 2.39. The molecule has 2 nitrogen and oxygen atoms in total. The first kappa shape index (κ1) is 23.2. The van der Waals surface area contributed by atoms with Crippen LogP contribution >= 0.6 is 23.2 Å². The lowest BCUT2D eigenvalue weighted by Crippen LogP contribution is -2.01. The molecule has 0 radical (unpaired) electrons. The molecular formula is C24H34Cl2O2. The zero-order valence-corrected chi connectivity index (χ0v) is 18.7. The van der Waals surface area contributed by atoms with Crippen LogP contribution in [0.2, 0.25) is 5.02 Å². The molecule has 2 aromatic rings. The Balaban J connectivity index is 1.93. The fourth-order valence-electron chi connectivity index (χ4n) is 3.34. The summed E-state index contributed by atoms with van der Waals surface area (Å²) in [5.41, 5.74) is 0. The first-order chi connectivity index (χ1) is 13.8. The fraction of sp³-hybridized carbons (Fsp3) is 0.583. The van der Waals surface area contributed by atoms with Crippen LogP contribution in [0, 0.1) is 0 Å². The summed E-state index contributed by atoms with van der Waals surface area (Å²) in [5.74, 6) is 2.35. The Labute approximate surface area is 180 Å². The average Bonchev–Trinajstić information content (AvgIpc) is 2.71. The van der Waals surface area contributed by atoms with E-state index in [1.54, 1.807) is 0 Å². The number of hydrogen-bond acceptors (Lipinski definition) is 2. The second-order valence-electron chi connectivity index (χ2n) is 7.30. The lowest BCUT2D eigenvalue weighted by molar-refractivity contribution is 0.302. The Bertz CT molecular complexity index is 688. The third-order valence-corrected chi connectivity index (χ3v) is 5.49. The molecule has 2 rings (SSSR count). The van der Waals surface area contributed by atoms with Crippen molar-refractivity contribution in [2.75, 3.05) is 19.1 Å². The molecule has 0 aliphatic heterocycles. The molecule has 4 heteroatoms. The predicted octanol–water partition coefficient (Wildman–Crippen LogP) is 8.41. The van der Waals surface area contributed by atoms with Gasteiger partial charge in [-0.1, -0.05) is 87.7 Å². The second-order valence-corrected chi connectivity index (χ2v) is 8.08. The van der Waals surface area contributed by atoms with Gasteiger partial charge in [-0.15, -0.1) is 11.6 Å². The highest BCUT2D eigenvalue weighted by atomic mass is 35.5. The number of ether oxygens (including phenoxy) is 2. The van der Waals surface area contributed by atoms with Gasteiger partial charge in [0.05, 0.1) is 18.2 Å². The molecule has 0 aliphatic rings. The summed E-state index contributed by atoms with van der Waals surface area (Å²) < 4.78 is 12.1. The van der Waals surface area contributed by atoms with E-state index in [1.807, 2.05) is 18.2 Å². The summed E-state index contributed by atoms with van der Waals surface area (Å²) in [7, 11) is 0. The van der Waals surface area contributed by atoms with Gasteiger partial charge in [0.2, 0.25) is 0 Å². The van der Waals surface area contributed by atoms with Crippen LogP contribution in [0.3, 0.4) is 0 Å². The first-order valence-electron chi connectivity index (χ1n) is 10.8. The lowest BCUT2D eigenvalue weighted by atomic mass is 10.1. The minimum Gasteiger partial charge on any atom is -0.493 e. The van der Waals surface area contributed by atoms with E-state index in [-0.39, 0.29) is 0 Å². The zero-order valence-electron chi connectivity index (χ0n) is 17.2. The van der Waals surface area contributed by atoms with Crippen LogP contribution in [0.1, 0.15) is 71.1 Å². The van der Waals surface area contributed by atoms with Crippen LogP contribution in [0.5, 0.6) is 11.5 Å². The molecule has 0 bridgehead atoms. The lowest BCUT2D eigenvalue weighted by Gasteiger charge is -2.15. The van der Waals surface area contributed by atoms with E-state index in [1.165, 1.54) is 32.1 Å². The maximum atomic E-state index is 6.55. The van der Waals surface area contributed by atoms with Gasteiger partial charge in [-0.25, -0.2) is 0 Å². The molecule has 0 spiro atoms. The van der Waals surface area contributed by atoms with Crippen molar-refractivity contribution in [3.05, 3.63) is 35.4 Å². The molecule has 0 fully saturated rings. The number of halogens is 2. The summed E-state index contributed by atoms with van der Waals surface area (Å²) in [5, 5.41) is 2.71. The molecule has 0 unspecified atom stereocenters. The molecule has 0 saturated heterocycles. The van der Waals surface area contributed by atoms with Gasteiger partial charge in [0.15, 0.2) is 0 Å². The van der Waals surface area contributed by atoms with Gasteiger partial charge in [-0.3, -0.25) is 0 Å². The standard InChI is InChI=1S/C24H34Cl2O2/c1-2-3-4-5-7-13-18-28-24-21-15-10-9-14-20(21)23(19-22(24)26)27-17-12-8-6-11-16-25/h9-10,14-15,19H,2-8,11-13,16-18H2,1H3. The Morgan fingerprint density at radius 1 is 0.750 bits per heavy atom. The fourth-order valence-corrected chi connectivity index (χ4v) is 3.78. The van der Waals surface area contributed by atoms with Crippen LogP contribution in [0.15, 0.2) is 30.3 Å². The molecule has 0 heterocycles. The van der Waals surface area contributed by atoms with Gasteiger partial charge >= 0.3 is 0 Å². The van der Waals surface area contributed by atoms with Crippen LogP contribution in [-0.4, -0.2) is 19.1 Å². The number of hydrogen-bond donors (Lipinski definition) is 0. The molecule has 0 N–H and O–H groups in total. The number of benzene rings is 2. The van der Waals surface area contributed by atoms with Crippen molar-refractivity contribution < 1.29 is 9.47 Å². The Kier molecular flexibility index (Phi) is 11.5. The summed E-state index contributed by atoms with van der Waals surface area (Å²) >= 11 is 12.3. The number of alkyl halides is 1. The third-order valence-electron chi connectivity index (χ3n) is 4.94. The van der Waals surface area contributed by atoms with E-state index in [4.69, 9.17) is 32.7 Å². The molecule has 0 aliphatic carbocycles. The van der Waals surface area contributed by atoms with Gasteiger partial charge in [-0.05, 0) is 19.3 Å². The van der Waals surface area contributed by atoms with Crippen molar-refractivity contribution in [3.8, 4) is 11.5 Å². The summed E-state index contributed by atoms with van der Waals surface area (Å²) in [4.78, 5) is 0. The number of rotatable bonds is 15. The van der Waals surface area contributed by atoms with Crippen molar-refractivity contribution in [1.29, 1.82) is 0 Å². The Hall–Kier alpha value is -1.12. The monoisotopic (exact) mass is 424 g/mol. The predicted molar refractivity (Wildman–Crippen MR) is 123 cm³/mol. The third kappa shape index (κ3) is 7.72. The van der Waals surface area contributed by atoms with Gasteiger partial charge in [0.1, 0.15) is 11.5 Å². The van der Waals surface area contributed by atoms with Crippen molar-refractivity contribution in [2.24, 2.45) is 0 Å². The van der Waals surface area contributed by atoms with E-state index >= 15 is 0 Å². The van der Waals surface area contributed by atoms with Crippen molar-refractivity contribution in [1.82, 2.24) is 0 Å². The largest absolute Gasteiger partial charge is 0.493 e. The van der Waals surface area contributed by atoms with Gasteiger partial charge in [0.25, 0.3) is 0 Å². The topological polar surface area (TPSA) is 18.5 Å². The number of fused-ring (bicyclic) bond motifs is 1. The zero-order chi connectivity index (χ0) is 20.0. The van der Waals surface area contributed by atoms with E-state index in [0.29, 0.717) is 18.2 Å². The molecule has 156 valence electrons. The van der Waals surface area contributed by atoms with Crippen molar-refractivity contribution in [2.45, 2.75) is 71.1 Å². The summed E-state index contributed by atoms with van der Waals surface area (Å²) in [6.45, 7) is 3.64. The van der Waals surface area contributed by atoms with E-state index in [0.717, 1.165) is 60.3 Å². The summed E-state index contributed by atoms with van der Waals surface area (Å²) in [6.07, 6.45) is 11.9. The van der Waals surface area contributed by atoms with Crippen LogP contribution in [0.25, 0.3) is 10.8 Å². The minimum atomic E-state index is 0.627. The maximum Gasteiger partial charge on any atom is 0.145 e. The first-order valence-corrected chi connectivity index (χ1v) is 11.7. The quantitative estimate of drug-likeness (QED) is 0.211. The maximum absolute atomic E-state index is 6.55. The van der Waals surface area contributed by atoms with E-state index in [2.05, 4.69) is 19.1 Å². The molecule has 28 heavy (non-hydrogen) atoms. The van der Waals surface area contributed by atoms with E-state index in [9.17, 15) is 0 Å². The van der Waals surface area contributed by atoms with Gasteiger partial charge in [-0.2, -0.15) is 0 Å². The highest BCUT2D eigenvalue weighted by Gasteiger charge is 2.13. The Morgan fingerprint density at radius 3 is 2.07 bits per heavy atom. The van der Waals surface area contributed by atoms with Crippen molar-refractivity contribution in [3.63, 3.8) is 0 Å². The average molecular weight is 425 g/mol. The molecule has 0 amide bonds. The van der Waals surface area contributed by atoms with Crippen LogP contribution < -0.4 is 9.47 Å². The Morgan fingerprint density at radius 2 is 1.36 bits per heavy atom. The molecule has 0 aromatic heterocycles. The van der Waals surface area contributed by atoms with Gasteiger partial charge in [0, 0.05) is 22.7 Å². The molecule has 0 atom stereocenters. The molecule has 2 aromatic carbocycles. The molecular weight excluding hydrogens is 391 g/mol. The SMILES string of the molecule is CCCCCCCCOc1c(Cl)cc(OCCCCCCCl)c2ccccc12. The number of unbranched alkanes of at least 4 members (excludes halogenated alkanes) is 8.